The number of nitrogens with zero attached hydrogens (tertiary/aromatic N) is 3. The van der Waals surface area contributed by atoms with Gasteiger partial charge in [0.1, 0.15) is 0 Å². The molecule has 2 aromatic heterocycles. The number of para-hydroxylation sites is 2. The summed E-state index contributed by atoms with van der Waals surface area (Å²) in [4.78, 5) is 10.1. The Morgan fingerprint density at radius 1 is 0.721 bits per heavy atom. The molecule has 216 valence electrons. The molecule has 2 heterocycles. The van der Waals surface area contributed by atoms with Crippen molar-refractivity contribution in [2.45, 2.75) is 39.5 Å². The van der Waals surface area contributed by atoms with Crippen molar-refractivity contribution in [3.8, 4) is 34.1 Å². The minimum absolute atomic E-state index is 0. The average Bonchev–Trinajstić information content (AvgIpc) is 3.45. The third-order valence-corrected chi connectivity index (χ3v) is 8.18. The second kappa shape index (κ2) is 11.4. The Kier molecular flexibility index (Phi) is 7.66. The summed E-state index contributed by atoms with van der Waals surface area (Å²) in [5.74, 6) is 1.70. The Balaban J connectivity index is 0.00000329. The Morgan fingerprint density at radius 3 is 2.14 bits per heavy atom. The van der Waals surface area contributed by atoms with Crippen molar-refractivity contribution in [3.05, 3.63) is 121 Å². The van der Waals surface area contributed by atoms with E-state index in [0.717, 1.165) is 55.1 Å². The normalized spacial score (nSPS) is 11.6. The van der Waals surface area contributed by atoms with Gasteiger partial charge in [0.05, 0.1) is 22.8 Å². The van der Waals surface area contributed by atoms with E-state index < -0.39 is 0 Å². The summed E-state index contributed by atoms with van der Waals surface area (Å²) in [6.07, 6.45) is 3.99. The second-order valence-electron chi connectivity index (χ2n) is 11.6. The number of phenolic OH excluding ortho intramolecular Hbond substituents is 1. The number of fused-ring (bicyclic) bond motifs is 4. The zero-order valence-corrected chi connectivity index (χ0v) is 26.8. The maximum absolute atomic E-state index is 10.9. The summed E-state index contributed by atoms with van der Waals surface area (Å²) < 4.78 is 2.25. The average molecular weight is 742 g/mol. The van der Waals surface area contributed by atoms with Crippen LogP contribution in [0, 0.1) is 6.07 Å². The molecule has 7 aromatic rings. The van der Waals surface area contributed by atoms with Gasteiger partial charge in [0.15, 0.2) is 0 Å². The quantitative estimate of drug-likeness (QED) is 0.141. The Bertz CT molecular complexity index is 2100. The number of rotatable bonds is 5. The molecule has 4 nitrogen and oxygen atoms in total. The molecule has 0 aliphatic rings. The van der Waals surface area contributed by atoms with Crippen LogP contribution in [0.2, 0.25) is 0 Å². The molecule has 0 radical (unpaired) electrons. The molecule has 0 unspecified atom stereocenters. The first kappa shape index (κ1) is 28.8. The molecule has 0 amide bonds. The molecular weight excluding hydrogens is 710 g/mol. The summed E-state index contributed by atoms with van der Waals surface area (Å²) in [5, 5.41) is 15.6. The van der Waals surface area contributed by atoms with Crippen molar-refractivity contribution in [2.24, 2.45) is 0 Å². The predicted molar refractivity (Wildman–Crippen MR) is 173 cm³/mol. The van der Waals surface area contributed by atoms with Gasteiger partial charge in [-0.2, -0.15) is 0 Å². The number of hydrogen-bond donors (Lipinski definition) is 1. The van der Waals surface area contributed by atoms with Gasteiger partial charge in [-0.15, -0.1) is 23.6 Å². The van der Waals surface area contributed by atoms with E-state index in [1.54, 1.807) is 6.07 Å². The standard InChI is InChI=1S/C38H32N3O.Pt/c1-23(2)29-12-7-13-30(24(3)4)37(29)41-22-33(31-14-5-10-27-11-8-20-39-36(27)31)40-38(41)28-19-17-25-16-18-26-9-6-15-34(42)35(26)32(25)21-28;/h5-20,22-24,42H,1-4H3;/q-1;. The SMILES string of the molecule is CC(C)c1cccc(C(C)C)c1-n1cc(-c2cccc3cccnc23)nc1-c1[c-]c2c(cc1)ccc1cccc(O)c12.[Pt]. The van der Waals surface area contributed by atoms with Gasteiger partial charge in [-0.05, 0) is 45.9 Å². The molecule has 0 atom stereocenters. The van der Waals surface area contributed by atoms with Crippen molar-refractivity contribution >= 4 is 32.4 Å². The van der Waals surface area contributed by atoms with Gasteiger partial charge < -0.3 is 9.67 Å². The van der Waals surface area contributed by atoms with Gasteiger partial charge in [0.25, 0.3) is 0 Å². The monoisotopic (exact) mass is 741 g/mol. The van der Waals surface area contributed by atoms with Crippen molar-refractivity contribution in [1.82, 2.24) is 14.5 Å². The minimum Gasteiger partial charge on any atom is -0.515 e. The van der Waals surface area contributed by atoms with E-state index >= 15 is 0 Å². The van der Waals surface area contributed by atoms with Crippen molar-refractivity contribution < 1.29 is 26.2 Å². The third-order valence-electron chi connectivity index (χ3n) is 8.18. The van der Waals surface area contributed by atoms with Gasteiger partial charge in [0, 0.05) is 50.1 Å². The topological polar surface area (TPSA) is 50.9 Å². The van der Waals surface area contributed by atoms with E-state index in [-0.39, 0.29) is 26.8 Å². The predicted octanol–water partition coefficient (Wildman–Crippen LogP) is 9.81. The van der Waals surface area contributed by atoms with E-state index in [2.05, 4.69) is 105 Å². The summed E-state index contributed by atoms with van der Waals surface area (Å²) in [6, 6.07) is 34.6. The third kappa shape index (κ3) is 4.94. The van der Waals surface area contributed by atoms with Crippen LogP contribution in [0.4, 0.5) is 0 Å². The Labute approximate surface area is 266 Å². The van der Waals surface area contributed by atoms with Gasteiger partial charge in [-0.3, -0.25) is 9.97 Å². The van der Waals surface area contributed by atoms with E-state index in [1.165, 1.54) is 16.8 Å². The van der Waals surface area contributed by atoms with Crippen molar-refractivity contribution in [3.63, 3.8) is 0 Å². The van der Waals surface area contributed by atoms with Gasteiger partial charge >= 0.3 is 0 Å². The van der Waals surface area contributed by atoms with Crippen molar-refractivity contribution in [2.75, 3.05) is 0 Å². The van der Waals surface area contributed by atoms with E-state index in [4.69, 9.17) is 9.97 Å². The molecular formula is C38H32N3OPt-. The van der Waals surface area contributed by atoms with Crippen LogP contribution < -0.4 is 0 Å². The molecule has 1 N–H and O–H groups in total. The molecule has 0 bridgehead atoms. The maximum Gasteiger partial charge on any atom is 0.0907 e. The molecule has 5 aromatic carbocycles. The molecule has 43 heavy (non-hydrogen) atoms. The van der Waals surface area contributed by atoms with Gasteiger partial charge in [-0.25, -0.2) is 0 Å². The minimum atomic E-state index is 0. The van der Waals surface area contributed by atoms with E-state index in [1.807, 2.05) is 30.5 Å². The van der Waals surface area contributed by atoms with Crippen molar-refractivity contribution in [1.29, 1.82) is 0 Å². The smallest absolute Gasteiger partial charge is 0.0907 e. The fourth-order valence-electron chi connectivity index (χ4n) is 6.10. The van der Waals surface area contributed by atoms with Crippen LogP contribution in [0.15, 0.2) is 103 Å². The molecule has 5 heteroatoms. The largest absolute Gasteiger partial charge is 0.515 e. The van der Waals surface area contributed by atoms with Crippen LogP contribution in [0.5, 0.6) is 5.75 Å². The van der Waals surface area contributed by atoms with E-state index in [0.29, 0.717) is 11.8 Å². The van der Waals surface area contributed by atoms with Crippen LogP contribution in [-0.2, 0) is 21.1 Å². The number of aromatic hydroxyl groups is 1. The van der Waals surface area contributed by atoms with Crippen LogP contribution in [0.25, 0.3) is 60.8 Å². The first-order chi connectivity index (χ1) is 20.4. The Morgan fingerprint density at radius 2 is 1.37 bits per heavy atom. The number of imidazole rings is 1. The van der Waals surface area contributed by atoms with Crippen LogP contribution in [0.1, 0.15) is 50.7 Å². The van der Waals surface area contributed by atoms with Gasteiger partial charge in [-0.1, -0.05) is 105 Å². The summed E-state index contributed by atoms with van der Waals surface area (Å²) in [7, 11) is 0. The molecule has 0 aliphatic carbocycles. The summed E-state index contributed by atoms with van der Waals surface area (Å²) >= 11 is 0. The van der Waals surface area contributed by atoms with Crippen LogP contribution in [-0.4, -0.2) is 19.6 Å². The molecule has 0 saturated heterocycles. The van der Waals surface area contributed by atoms with Crippen LogP contribution >= 0.6 is 0 Å². The second-order valence-corrected chi connectivity index (χ2v) is 11.6. The number of phenols is 1. The zero-order chi connectivity index (χ0) is 29.0. The summed E-state index contributed by atoms with van der Waals surface area (Å²) in [5.41, 5.74) is 7.35. The molecule has 0 spiro atoms. The Hall–Kier alpha value is -4.27. The fourth-order valence-corrected chi connectivity index (χ4v) is 6.10. The zero-order valence-electron chi connectivity index (χ0n) is 24.6. The first-order valence-electron chi connectivity index (χ1n) is 14.5. The molecule has 0 fully saturated rings. The number of aromatic nitrogens is 3. The fraction of sp³-hybridized carbons (Fsp3) is 0.158. The van der Waals surface area contributed by atoms with Crippen LogP contribution in [0.3, 0.4) is 0 Å². The number of benzene rings is 5. The number of hydrogen-bond acceptors (Lipinski definition) is 3. The molecule has 0 aliphatic heterocycles. The molecule has 7 rings (SSSR count). The summed E-state index contributed by atoms with van der Waals surface area (Å²) in [6.45, 7) is 8.97. The number of pyridine rings is 1. The first-order valence-corrected chi connectivity index (χ1v) is 14.5. The van der Waals surface area contributed by atoms with Gasteiger partial charge in [0.2, 0.25) is 0 Å². The molecule has 0 saturated carbocycles. The maximum atomic E-state index is 10.9. The van der Waals surface area contributed by atoms with E-state index in [9.17, 15) is 5.11 Å².